The van der Waals surface area contributed by atoms with Crippen molar-refractivity contribution in [2.45, 2.75) is 26.3 Å². The molecule has 0 saturated carbocycles. The Morgan fingerprint density at radius 2 is 2.26 bits per heavy atom. The Balaban J connectivity index is 2.68. The van der Waals surface area contributed by atoms with Crippen LogP contribution in [0.15, 0.2) is 28.8 Å². The molecule has 0 aliphatic carbocycles. The molecule has 1 rings (SSSR count). The van der Waals surface area contributed by atoms with Gasteiger partial charge in [-0.1, -0.05) is 36.2 Å². The quantitative estimate of drug-likeness (QED) is 0.796. The van der Waals surface area contributed by atoms with Crippen LogP contribution in [0.4, 0.5) is 4.39 Å². The fraction of sp³-hybridized carbons (Fsp3) is 0.429. The lowest BCUT2D eigenvalue weighted by Gasteiger charge is -2.15. The van der Waals surface area contributed by atoms with Gasteiger partial charge in [-0.25, -0.2) is 4.39 Å². The zero-order valence-electron chi connectivity index (χ0n) is 11.1. The second-order valence-electron chi connectivity index (χ2n) is 4.21. The highest BCUT2D eigenvalue weighted by atomic mass is 35.5. The lowest BCUT2D eigenvalue weighted by Crippen LogP contribution is -2.19. The third-order valence-corrected chi connectivity index (χ3v) is 3.23. The molecule has 1 unspecified atom stereocenters. The van der Waals surface area contributed by atoms with Gasteiger partial charge in [0.2, 0.25) is 0 Å². The maximum Gasteiger partial charge on any atom is 0.165 e. The fourth-order valence-electron chi connectivity index (χ4n) is 1.56. The number of hydrogen-bond acceptors (Lipinski definition) is 2. The monoisotopic (exact) mass is 305 g/mol. The predicted molar refractivity (Wildman–Crippen MR) is 78.4 cm³/mol. The summed E-state index contributed by atoms with van der Waals surface area (Å²) in [4.78, 5) is 0. The van der Waals surface area contributed by atoms with E-state index < -0.39 is 5.82 Å². The van der Waals surface area contributed by atoms with Crippen LogP contribution in [-0.2, 0) is 0 Å². The van der Waals surface area contributed by atoms with E-state index in [0.29, 0.717) is 5.03 Å². The average Bonchev–Trinajstić information content (AvgIpc) is 2.42. The lowest BCUT2D eigenvalue weighted by molar-refractivity contribution is 0.338. The summed E-state index contributed by atoms with van der Waals surface area (Å²) in [5.74, 6) is -0.232. The van der Waals surface area contributed by atoms with Gasteiger partial charge in [0.15, 0.2) is 11.6 Å². The highest BCUT2D eigenvalue weighted by Crippen LogP contribution is 2.23. The van der Waals surface area contributed by atoms with E-state index in [1.54, 1.807) is 6.07 Å². The Hall–Kier alpha value is -0.770. The first kappa shape index (κ1) is 16.3. The summed E-state index contributed by atoms with van der Waals surface area (Å²) in [6.45, 7) is 5.05. The van der Waals surface area contributed by atoms with Crippen molar-refractivity contribution in [3.05, 3.63) is 40.1 Å². The minimum absolute atomic E-state index is 0.0605. The van der Waals surface area contributed by atoms with Crippen molar-refractivity contribution in [3.8, 4) is 5.75 Å². The highest BCUT2D eigenvalue weighted by Gasteiger charge is 2.09. The topological polar surface area (TPSA) is 21.3 Å². The zero-order chi connectivity index (χ0) is 14.3. The van der Waals surface area contributed by atoms with Crippen molar-refractivity contribution in [2.75, 3.05) is 13.2 Å². The first-order valence-electron chi connectivity index (χ1n) is 6.18. The van der Waals surface area contributed by atoms with Gasteiger partial charge in [-0.2, -0.15) is 0 Å². The minimum Gasteiger partial charge on any atom is -0.485 e. The zero-order valence-corrected chi connectivity index (χ0v) is 12.6. The summed E-state index contributed by atoms with van der Waals surface area (Å²) in [6.07, 6.45) is 1.04. The molecule has 2 nitrogen and oxygen atoms in total. The predicted octanol–water partition coefficient (Wildman–Crippen LogP) is 4.58. The molecule has 1 aromatic carbocycles. The maximum atomic E-state index is 13.8. The van der Waals surface area contributed by atoms with Crippen LogP contribution in [0.5, 0.6) is 5.75 Å². The SMILES string of the molecule is CCCNC(C)c1ccc(OC/C(Cl)=C/Cl)c(F)c1. The van der Waals surface area contributed by atoms with Crippen molar-refractivity contribution in [2.24, 2.45) is 0 Å². The van der Waals surface area contributed by atoms with Crippen LogP contribution in [0.2, 0.25) is 0 Å². The molecular formula is C14H18Cl2FNO. The van der Waals surface area contributed by atoms with Gasteiger partial charge in [-0.3, -0.25) is 0 Å². The number of halogens is 3. The molecule has 0 aliphatic heterocycles. The van der Waals surface area contributed by atoms with Gasteiger partial charge in [-0.05, 0) is 37.6 Å². The van der Waals surface area contributed by atoms with E-state index in [1.807, 2.05) is 13.0 Å². The van der Waals surface area contributed by atoms with Gasteiger partial charge >= 0.3 is 0 Å². The number of ether oxygens (including phenoxy) is 1. The smallest absolute Gasteiger partial charge is 0.165 e. The molecule has 0 saturated heterocycles. The third-order valence-electron chi connectivity index (χ3n) is 2.64. The lowest BCUT2D eigenvalue weighted by atomic mass is 10.1. The van der Waals surface area contributed by atoms with Crippen LogP contribution >= 0.6 is 23.2 Å². The van der Waals surface area contributed by atoms with E-state index >= 15 is 0 Å². The summed E-state index contributed by atoms with van der Waals surface area (Å²) in [5.41, 5.74) is 2.09. The van der Waals surface area contributed by atoms with Crippen molar-refractivity contribution >= 4 is 23.2 Å². The van der Waals surface area contributed by atoms with Gasteiger partial charge < -0.3 is 10.1 Å². The molecule has 1 atom stereocenters. The molecule has 0 amide bonds. The molecule has 0 radical (unpaired) electrons. The van der Waals surface area contributed by atoms with Crippen molar-refractivity contribution in [1.82, 2.24) is 5.32 Å². The highest BCUT2D eigenvalue weighted by molar-refractivity contribution is 6.36. The summed E-state index contributed by atoms with van der Waals surface area (Å²) >= 11 is 11.1. The standard InChI is InChI=1S/C14H18Cl2FNO/c1-3-6-18-10(2)11-4-5-14(13(17)7-11)19-9-12(16)8-15/h4-5,7-8,10,18H,3,6,9H2,1-2H3/b12-8-. The van der Waals surface area contributed by atoms with Crippen LogP contribution in [-0.4, -0.2) is 13.2 Å². The van der Waals surface area contributed by atoms with E-state index in [1.165, 1.54) is 11.6 Å². The van der Waals surface area contributed by atoms with E-state index in [0.717, 1.165) is 18.5 Å². The second-order valence-corrected chi connectivity index (χ2v) is 4.91. The minimum atomic E-state index is -0.401. The number of nitrogens with one attached hydrogen (secondary N) is 1. The Morgan fingerprint density at radius 1 is 1.53 bits per heavy atom. The van der Waals surface area contributed by atoms with E-state index in [2.05, 4.69) is 12.2 Å². The Kier molecular flexibility index (Phi) is 7.21. The van der Waals surface area contributed by atoms with Gasteiger partial charge in [0.1, 0.15) is 6.61 Å². The molecule has 106 valence electrons. The average molecular weight is 306 g/mol. The molecule has 1 aromatic rings. The Labute approximate surface area is 123 Å². The maximum absolute atomic E-state index is 13.8. The molecular weight excluding hydrogens is 288 g/mol. The third kappa shape index (κ3) is 5.39. The van der Waals surface area contributed by atoms with E-state index in [-0.39, 0.29) is 18.4 Å². The Morgan fingerprint density at radius 3 is 2.84 bits per heavy atom. The number of rotatable bonds is 7. The summed E-state index contributed by atoms with van der Waals surface area (Å²) in [6, 6.07) is 5.02. The van der Waals surface area contributed by atoms with Gasteiger partial charge in [0.05, 0.1) is 5.03 Å². The van der Waals surface area contributed by atoms with E-state index in [9.17, 15) is 4.39 Å². The van der Waals surface area contributed by atoms with Gasteiger partial charge in [-0.15, -0.1) is 0 Å². The van der Waals surface area contributed by atoms with Crippen LogP contribution in [0, 0.1) is 5.82 Å². The molecule has 19 heavy (non-hydrogen) atoms. The normalized spacial score (nSPS) is 13.4. The first-order chi connectivity index (χ1) is 9.08. The Bertz CT molecular complexity index is 437. The molecule has 0 aliphatic rings. The van der Waals surface area contributed by atoms with Crippen molar-refractivity contribution in [3.63, 3.8) is 0 Å². The van der Waals surface area contributed by atoms with Crippen molar-refractivity contribution < 1.29 is 9.13 Å². The summed E-state index contributed by atoms with van der Waals surface area (Å²) in [7, 11) is 0. The summed E-state index contributed by atoms with van der Waals surface area (Å²) < 4.78 is 19.1. The molecule has 0 bridgehead atoms. The molecule has 0 fully saturated rings. The van der Waals surface area contributed by atoms with Crippen LogP contribution in [0.25, 0.3) is 0 Å². The van der Waals surface area contributed by atoms with Crippen LogP contribution < -0.4 is 10.1 Å². The molecule has 0 spiro atoms. The largest absolute Gasteiger partial charge is 0.485 e. The molecule has 1 N–H and O–H groups in total. The van der Waals surface area contributed by atoms with E-state index in [4.69, 9.17) is 27.9 Å². The summed E-state index contributed by atoms with van der Waals surface area (Å²) in [5, 5.41) is 3.62. The number of benzene rings is 1. The van der Waals surface area contributed by atoms with Crippen LogP contribution in [0.1, 0.15) is 31.9 Å². The van der Waals surface area contributed by atoms with Gasteiger partial charge in [0, 0.05) is 11.6 Å². The fourth-order valence-corrected chi connectivity index (χ4v) is 1.68. The van der Waals surface area contributed by atoms with Crippen molar-refractivity contribution in [1.29, 1.82) is 0 Å². The molecule has 0 aromatic heterocycles. The van der Waals surface area contributed by atoms with Gasteiger partial charge in [0.25, 0.3) is 0 Å². The number of hydrogen-bond donors (Lipinski definition) is 1. The molecule has 0 heterocycles. The molecule has 5 heteroatoms. The van der Waals surface area contributed by atoms with Crippen LogP contribution in [0.3, 0.4) is 0 Å². The first-order valence-corrected chi connectivity index (χ1v) is 7.00. The second kappa shape index (κ2) is 8.41.